The van der Waals surface area contributed by atoms with Gasteiger partial charge in [-0.3, -0.25) is 4.79 Å². The highest BCUT2D eigenvalue weighted by Crippen LogP contribution is 2.20. The van der Waals surface area contributed by atoms with Crippen LogP contribution in [0.3, 0.4) is 0 Å². The second-order valence-corrected chi connectivity index (χ2v) is 4.97. The van der Waals surface area contributed by atoms with Crippen molar-refractivity contribution < 1.29 is 13.6 Å². The summed E-state index contributed by atoms with van der Waals surface area (Å²) in [6.07, 6.45) is 2.73. The number of anilines is 1. The van der Waals surface area contributed by atoms with Gasteiger partial charge in [-0.1, -0.05) is 0 Å². The maximum absolute atomic E-state index is 14.3. The van der Waals surface area contributed by atoms with Gasteiger partial charge in [0.1, 0.15) is 12.0 Å². The van der Waals surface area contributed by atoms with E-state index < -0.39 is 5.82 Å². The van der Waals surface area contributed by atoms with E-state index in [-0.39, 0.29) is 5.91 Å². The summed E-state index contributed by atoms with van der Waals surface area (Å²) in [5.41, 5.74) is 2.74. The number of carbonyl (C=O) groups excluding carboxylic acids is 1. The van der Waals surface area contributed by atoms with Gasteiger partial charge >= 0.3 is 0 Å². The summed E-state index contributed by atoms with van der Waals surface area (Å²) >= 11 is 0. The Hall–Kier alpha value is -2.89. The molecule has 6 heteroatoms. The van der Waals surface area contributed by atoms with Crippen LogP contribution in [-0.2, 0) is 0 Å². The molecule has 0 aliphatic rings. The van der Waals surface area contributed by atoms with Crippen LogP contribution in [0, 0.1) is 19.7 Å². The Morgan fingerprint density at radius 2 is 2.09 bits per heavy atom. The molecule has 0 radical (unpaired) electrons. The van der Waals surface area contributed by atoms with Crippen LogP contribution >= 0.6 is 0 Å². The fraction of sp³-hybridized carbons (Fsp3) is 0.125. The first-order valence-corrected chi connectivity index (χ1v) is 6.71. The van der Waals surface area contributed by atoms with Gasteiger partial charge in [0, 0.05) is 11.4 Å². The summed E-state index contributed by atoms with van der Waals surface area (Å²) < 4.78 is 20.7. The fourth-order valence-electron chi connectivity index (χ4n) is 2.23. The molecule has 0 atom stereocenters. The molecule has 1 aromatic carbocycles. The smallest absolute Gasteiger partial charge is 0.258 e. The van der Waals surface area contributed by atoms with Crippen LogP contribution in [0.1, 0.15) is 21.7 Å². The molecule has 5 nitrogen and oxygen atoms in total. The largest absolute Gasteiger partial charge is 0.472 e. The third-order valence-electron chi connectivity index (χ3n) is 3.23. The first-order chi connectivity index (χ1) is 10.5. The van der Waals surface area contributed by atoms with E-state index in [4.69, 9.17) is 4.42 Å². The number of hydrogen-bond acceptors (Lipinski definition) is 3. The molecule has 1 amide bonds. The van der Waals surface area contributed by atoms with Crippen molar-refractivity contribution in [1.29, 1.82) is 0 Å². The molecule has 2 aromatic heterocycles. The number of furan rings is 1. The molecule has 22 heavy (non-hydrogen) atoms. The summed E-state index contributed by atoms with van der Waals surface area (Å²) in [7, 11) is 0. The van der Waals surface area contributed by atoms with E-state index in [1.807, 2.05) is 19.9 Å². The predicted octanol–water partition coefficient (Wildman–Crippen LogP) is 3.47. The van der Waals surface area contributed by atoms with Crippen molar-refractivity contribution in [3.8, 4) is 5.69 Å². The van der Waals surface area contributed by atoms with Crippen LogP contribution in [0.2, 0.25) is 0 Å². The maximum atomic E-state index is 14.3. The van der Waals surface area contributed by atoms with Gasteiger partial charge in [-0.2, -0.15) is 5.10 Å². The number of aryl methyl sites for hydroxylation is 2. The summed E-state index contributed by atoms with van der Waals surface area (Å²) in [6, 6.07) is 7.89. The van der Waals surface area contributed by atoms with Gasteiger partial charge in [-0.15, -0.1) is 0 Å². The number of nitrogens with zero attached hydrogens (tertiary/aromatic N) is 2. The maximum Gasteiger partial charge on any atom is 0.258 e. The van der Waals surface area contributed by atoms with E-state index in [0.29, 0.717) is 16.9 Å². The minimum atomic E-state index is -0.462. The van der Waals surface area contributed by atoms with Crippen LogP contribution in [-0.4, -0.2) is 15.7 Å². The minimum absolute atomic E-state index is 0.340. The van der Waals surface area contributed by atoms with E-state index in [1.165, 1.54) is 29.3 Å². The summed E-state index contributed by atoms with van der Waals surface area (Å²) in [4.78, 5) is 11.9. The number of hydrogen-bond donors (Lipinski definition) is 1. The zero-order chi connectivity index (χ0) is 15.7. The Morgan fingerprint density at radius 3 is 2.68 bits per heavy atom. The second kappa shape index (κ2) is 5.48. The first-order valence-electron chi connectivity index (χ1n) is 6.71. The zero-order valence-corrected chi connectivity index (χ0v) is 12.1. The molecule has 2 heterocycles. The van der Waals surface area contributed by atoms with Crippen LogP contribution in [0.5, 0.6) is 0 Å². The molecule has 0 bridgehead atoms. The average molecular weight is 299 g/mol. The molecule has 0 unspecified atom stereocenters. The van der Waals surface area contributed by atoms with E-state index in [0.717, 1.165) is 11.4 Å². The van der Waals surface area contributed by atoms with Gasteiger partial charge in [0.2, 0.25) is 0 Å². The zero-order valence-electron chi connectivity index (χ0n) is 12.1. The summed E-state index contributed by atoms with van der Waals surface area (Å²) in [5.74, 6) is -0.816. The Labute approximate surface area is 126 Å². The Balaban J connectivity index is 1.86. The van der Waals surface area contributed by atoms with Crippen LogP contribution in [0.25, 0.3) is 5.69 Å². The predicted molar refractivity (Wildman–Crippen MR) is 79.7 cm³/mol. The Kier molecular flexibility index (Phi) is 3.50. The van der Waals surface area contributed by atoms with Crippen molar-refractivity contribution in [2.75, 3.05) is 5.32 Å². The van der Waals surface area contributed by atoms with Crippen molar-refractivity contribution in [3.05, 3.63) is 65.6 Å². The second-order valence-electron chi connectivity index (χ2n) is 4.97. The van der Waals surface area contributed by atoms with Crippen molar-refractivity contribution in [2.24, 2.45) is 0 Å². The standard InChI is InChI=1S/C16H14FN3O2/c1-10-7-11(2)20(19-10)15-4-3-13(8-14(15)17)18-16(21)12-5-6-22-9-12/h3-9H,1-2H3,(H,18,21). The molecular formula is C16H14FN3O2. The molecule has 0 saturated heterocycles. The highest BCUT2D eigenvalue weighted by atomic mass is 19.1. The number of aromatic nitrogens is 2. The van der Waals surface area contributed by atoms with Gasteiger partial charge in [0.15, 0.2) is 5.82 Å². The summed E-state index contributed by atoms with van der Waals surface area (Å²) in [6.45, 7) is 3.70. The lowest BCUT2D eigenvalue weighted by atomic mass is 10.2. The van der Waals surface area contributed by atoms with Crippen molar-refractivity contribution in [2.45, 2.75) is 13.8 Å². The third kappa shape index (κ3) is 2.63. The lowest BCUT2D eigenvalue weighted by molar-refractivity contribution is 0.102. The van der Waals surface area contributed by atoms with Gasteiger partial charge < -0.3 is 9.73 Å². The fourth-order valence-corrected chi connectivity index (χ4v) is 2.23. The highest BCUT2D eigenvalue weighted by molar-refractivity contribution is 6.04. The lowest BCUT2D eigenvalue weighted by Crippen LogP contribution is -2.11. The lowest BCUT2D eigenvalue weighted by Gasteiger charge is -2.09. The van der Waals surface area contributed by atoms with Crippen LogP contribution in [0.4, 0.5) is 10.1 Å². The topological polar surface area (TPSA) is 60.1 Å². The Bertz CT molecular complexity index is 822. The van der Waals surface area contributed by atoms with E-state index in [2.05, 4.69) is 10.4 Å². The normalized spacial score (nSPS) is 10.7. The van der Waals surface area contributed by atoms with Crippen molar-refractivity contribution in [1.82, 2.24) is 9.78 Å². The number of amides is 1. The quantitative estimate of drug-likeness (QED) is 0.805. The molecular weight excluding hydrogens is 285 g/mol. The van der Waals surface area contributed by atoms with Crippen molar-refractivity contribution in [3.63, 3.8) is 0 Å². The molecule has 0 saturated carbocycles. The molecule has 3 rings (SSSR count). The van der Waals surface area contributed by atoms with Gasteiger partial charge in [0.05, 0.1) is 17.5 Å². The van der Waals surface area contributed by atoms with Crippen LogP contribution in [0.15, 0.2) is 47.3 Å². The summed E-state index contributed by atoms with van der Waals surface area (Å²) in [5, 5.41) is 6.86. The van der Waals surface area contributed by atoms with Gasteiger partial charge in [0.25, 0.3) is 5.91 Å². The van der Waals surface area contributed by atoms with Gasteiger partial charge in [-0.25, -0.2) is 9.07 Å². The number of rotatable bonds is 3. The molecule has 112 valence electrons. The highest BCUT2D eigenvalue weighted by Gasteiger charge is 2.12. The molecule has 0 aliphatic heterocycles. The molecule has 0 aliphatic carbocycles. The number of carbonyl (C=O) groups is 1. The molecule has 0 fully saturated rings. The average Bonchev–Trinajstić information content (AvgIpc) is 3.09. The number of nitrogens with one attached hydrogen (secondary N) is 1. The van der Waals surface area contributed by atoms with Gasteiger partial charge in [-0.05, 0) is 44.2 Å². The van der Waals surface area contributed by atoms with Crippen LogP contribution < -0.4 is 5.32 Å². The molecule has 3 aromatic rings. The molecule has 1 N–H and O–H groups in total. The van der Waals surface area contributed by atoms with Crippen molar-refractivity contribution >= 4 is 11.6 Å². The Morgan fingerprint density at radius 1 is 1.27 bits per heavy atom. The number of benzene rings is 1. The third-order valence-corrected chi connectivity index (χ3v) is 3.23. The monoisotopic (exact) mass is 299 g/mol. The SMILES string of the molecule is Cc1cc(C)n(-c2ccc(NC(=O)c3ccoc3)cc2F)n1. The van der Waals surface area contributed by atoms with E-state index in [1.54, 1.807) is 12.1 Å². The minimum Gasteiger partial charge on any atom is -0.472 e. The molecule has 0 spiro atoms. The first kappa shape index (κ1) is 14.1. The van der Waals surface area contributed by atoms with E-state index >= 15 is 0 Å². The van der Waals surface area contributed by atoms with E-state index in [9.17, 15) is 9.18 Å². The number of halogens is 1.